The van der Waals surface area contributed by atoms with Crippen LogP contribution in [0, 0.1) is 19.8 Å². The van der Waals surface area contributed by atoms with Crippen LogP contribution in [0.1, 0.15) is 55.0 Å². The lowest BCUT2D eigenvalue weighted by Crippen LogP contribution is -2.49. The molecule has 2 aliphatic heterocycles. The van der Waals surface area contributed by atoms with E-state index in [0.29, 0.717) is 18.8 Å². The summed E-state index contributed by atoms with van der Waals surface area (Å²) in [6.07, 6.45) is -0.307. The fourth-order valence-electron chi connectivity index (χ4n) is 4.82. The molecular weight excluding hydrogens is 386 g/mol. The predicted octanol–water partition coefficient (Wildman–Crippen LogP) is 4.53. The number of aryl methyl sites for hydroxylation is 2. The number of anilines is 1. The van der Waals surface area contributed by atoms with Gasteiger partial charge in [-0.25, -0.2) is 13.5 Å². The lowest BCUT2D eigenvalue weighted by atomic mass is 9.85. The smallest absolute Gasteiger partial charge is 0.260 e. The molecule has 1 aromatic heterocycles. The van der Waals surface area contributed by atoms with Gasteiger partial charge in [0.1, 0.15) is 11.9 Å². The largest absolute Gasteiger partial charge is 0.367 e. The molecule has 3 heterocycles. The molecule has 0 saturated carbocycles. The van der Waals surface area contributed by atoms with Crippen molar-refractivity contribution in [3.05, 3.63) is 47.2 Å². The molecule has 2 aromatic rings. The SMILES string of the molecule is Cc1ccc([C@H](C)C(=O)N2CCC[C@@H]([C@@H]3C[C@H](C(F)F)n4nc(C)cc4N3)C2)cc1. The van der Waals surface area contributed by atoms with Crippen LogP contribution in [0.2, 0.25) is 0 Å². The van der Waals surface area contributed by atoms with Gasteiger partial charge in [0.2, 0.25) is 5.91 Å². The number of carbonyl (C=O) groups is 1. The van der Waals surface area contributed by atoms with Crippen molar-refractivity contribution in [1.29, 1.82) is 0 Å². The van der Waals surface area contributed by atoms with Crippen molar-refractivity contribution in [2.45, 2.75) is 64.5 Å². The first-order valence-electron chi connectivity index (χ1n) is 10.8. The molecule has 1 fully saturated rings. The highest BCUT2D eigenvalue weighted by Crippen LogP contribution is 2.37. The molecule has 162 valence electrons. The Labute approximate surface area is 176 Å². The van der Waals surface area contributed by atoms with Crippen molar-refractivity contribution >= 4 is 11.7 Å². The zero-order valence-electron chi connectivity index (χ0n) is 17.8. The van der Waals surface area contributed by atoms with Gasteiger partial charge in [0, 0.05) is 25.2 Å². The Morgan fingerprint density at radius 3 is 2.67 bits per heavy atom. The summed E-state index contributed by atoms with van der Waals surface area (Å²) in [6.45, 7) is 7.13. The Kier molecular flexibility index (Phi) is 5.80. The topological polar surface area (TPSA) is 50.2 Å². The maximum Gasteiger partial charge on any atom is 0.260 e. The van der Waals surface area contributed by atoms with Gasteiger partial charge in [-0.2, -0.15) is 5.10 Å². The fourth-order valence-corrected chi connectivity index (χ4v) is 4.82. The third kappa shape index (κ3) is 4.07. The number of hydrogen-bond acceptors (Lipinski definition) is 3. The van der Waals surface area contributed by atoms with Crippen LogP contribution < -0.4 is 5.32 Å². The lowest BCUT2D eigenvalue weighted by molar-refractivity contribution is -0.134. The van der Waals surface area contributed by atoms with Gasteiger partial charge in [-0.15, -0.1) is 0 Å². The van der Waals surface area contributed by atoms with Crippen molar-refractivity contribution in [1.82, 2.24) is 14.7 Å². The van der Waals surface area contributed by atoms with E-state index in [4.69, 9.17) is 0 Å². The van der Waals surface area contributed by atoms with Crippen molar-refractivity contribution in [3.63, 3.8) is 0 Å². The number of nitrogens with zero attached hydrogens (tertiary/aromatic N) is 3. The van der Waals surface area contributed by atoms with Crippen LogP contribution in [0.15, 0.2) is 30.3 Å². The second-order valence-electron chi connectivity index (χ2n) is 8.82. The van der Waals surface area contributed by atoms with Crippen LogP contribution in [0.25, 0.3) is 0 Å². The molecule has 0 spiro atoms. The number of hydrogen-bond donors (Lipinski definition) is 1. The molecule has 1 aromatic carbocycles. The van der Waals surface area contributed by atoms with Gasteiger partial charge in [0.05, 0.1) is 11.6 Å². The minimum atomic E-state index is -2.46. The van der Waals surface area contributed by atoms with Gasteiger partial charge in [-0.1, -0.05) is 29.8 Å². The summed E-state index contributed by atoms with van der Waals surface area (Å²) in [7, 11) is 0. The van der Waals surface area contributed by atoms with Crippen molar-refractivity contribution in [3.8, 4) is 0 Å². The Bertz CT molecular complexity index is 895. The number of benzene rings is 1. The van der Waals surface area contributed by atoms with E-state index in [2.05, 4.69) is 10.4 Å². The van der Waals surface area contributed by atoms with Gasteiger partial charge in [0.25, 0.3) is 6.43 Å². The molecule has 2 aliphatic rings. The van der Waals surface area contributed by atoms with Crippen LogP contribution in [0.4, 0.5) is 14.6 Å². The zero-order valence-corrected chi connectivity index (χ0v) is 17.8. The van der Waals surface area contributed by atoms with Gasteiger partial charge in [-0.05, 0) is 51.5 Å². The number of fused-ring (bicyclic) bond motifs is 1. The Morgan fingerprint density at radius 2 is 1.97 bits per heavy atom. The molecule has 4 atom stereocenters. The Morgan fingerprint density at radius 1 is 1.23 bits per heavy atom. The predicted molar refractivity (Wildman–Crippen MR) is 113 cm³/mol. The van der Waals surface area contributed by atoms with E-state index in [1.54, 1.807) is 0 Å². The molecule has 0 radical (unpaired) electrons. The summed E-state index contributed by atoms with van der Waals surface area (Å²) < 4.78 is 28.9. The summed E-state index contributed by atoms with van der Waals surface area (Å²) in [4.78, 5) is 15.1. The molecule has 0 unspecified atom stereocenters. The van der Waals surface area contributed by atoms with Gasteiger partial charge < -0.3 is 10.2 Å². The highest BCUT2D eigenvalue weighted by molar-refractivity contribution is 5.83. The summed E-state index contributed by atoms with van der Waals surface area (Å²) in [6, 6.07) is 8.90. The highest BCUT2D eigenvalue weighted by Gasteiger charge is 2.39. The number of alkyl halides is 2. The second kappa shape index (κ2) is 8.36. The zero-order chi connectivity index (χ0) is 21.4. The molecule has 1 N–H and O–H groups in total. The number of carbonyl (C=O) groups excluding carboxylic acids is 1. The number of likely N-dealkylation sites (tertiary alicyclic amines) is 1. The number of aromatic nitrogens is 2. The molecule has 4 rings (SSSR count). The van der Waals surface area contributed by atoms with Gasteiger partial charge >= 0.3 is 0 Å². The van der Waals surface area contributed by atoms with Crippen LogP contribution in [-0.2, 0) is 4.79 Å². The first-order valence-corrected chi connectivity index (χ1v) is 10.8. The van der Waals surface area contributed by atoms with Crippen LogP contribution in [0.5, 0.6) is 0 Å². The van der Waals surface area contributed by atoms with Gasteiger partial charge in [0.15, 0.2) is 0 Å². The first kappa shape index (κ1) is 20.8. The Balaban J connectivity index is 1.47. The maximum atomic E-state index is 13.7. The molecule has 1 amide bonds. The van der Waals surface area contributed by atoms with Crippen LogP contribution >= 0.6 is 0 Å². The molecule has 1 saturated heterocycles. The monoisotopic (exact) mass is 416 g/mol. The third-order valence-electron chi connectivity index (χ3n) is 6.58. The molecule has 5 nitrogen and oxygen atoms in total. The average Bonchev–Trinajstić information content (AvgIpc) is 3.12. The van der Waals surface area contributed by atoms with Crippen LogP contribution in [-0.4, -0.2) is 46.1 Å². The quantitative estimate of drug-likeness (QED) is 0.797. The van der Waals surface area contributed by atoms with Crippen molar-refractivity contribution in [2.75, 3.05) is 18.4 Å². The Hall–Kier alpha value is -2.44. The van der Waals surface area contributed by atoms with Crippen molar-refractivity contribution in [2.24, 2.45) is 5.92 Å². The number of halogens is 2. The minimum absolute atomic E-state index is 0.0853. The van der Waals surface area contributed by atoms with E-state index in [0.717, 1.165) is 30.6 Å². The van der Waals surface area contributed by atoms with Crippen LogP contribution in [0.3, 0.4) is 0 Å². The number of nitrogens with one attached hydrogen (secondary N) is 1. The standard InChI is InChI=1S/C23H30F2N4O/c1-14-6-8-17(9-7-14)16(3)23(30)28-10-4-5-18(13-28)19-12-20(22(24)25)29-21(26-19)11-15(2)27-29/h6-9,11,16,18-20,22,26H,4-5,10,12-13H2,1-3H3/t16-,18+,19-,20+/m0/s1. The highest BCUT2D eigenvalue weighted by atomic mass is 19.3. The van der Waals surface area contributed by atoms with E-state index >= 15 is 0 Å². The summed E-state index contributed by atoms with van der Waals surface area (Å²) in [5.74, 6) is 0.718. The molecule has 0 aliphatic carbocycles. The fraction of sp³-hybridized carbons (Fsp3) is 0.565. The van der Waals surface area contributed by atoms with E-state index in [9.17, 15) is 13.6 Å². The summed E-state index contributed by atoms with van der Waals surface area (Å²) in [5.41, 5.74) is 2.92. The molecule has 30 heavy (non-hydrogen) atoms. The summed E-state index contributed by atoms with van der Waals surface area (Å²) in [5, 5.41) is 7.68. The van der Waals surface area contributed by atoms with Gasteiger partial charge in [-0.3, -0.25) is 4.79 Å². The first-order chi connectivity index (χ1) is 14.3. The third-order valence-corrected chi connectivity index (χ3v) is 6.58. The molecular formula is C23H30F2N4O. The van der Waals surface area contributed by atoms with E-state index in [1.165, 1.54) is 10.2 Å². The average molecular weight is 417 g/mol. The number of rotatable bonds is 4. The minimum Gasteiger partial charge on any atom is -0.367 e. The van der Waals surface area contributed by atoms with Crippen molar-refractivity contribution < 1.29 is 13.6 Å². The summed E-state index contributed by atoms with van der Waals surface area (Å²) >= 11 is 0. The number of amides is 1. The second-order valence-corrected chi connectivity index (χ2v) is 8.82. The van der Waals surface area contributed by atoms with E-state index < -0.39 is 12.5 Å². The molecule has 0 bridgehead atoms. The lowest BCUT2D eigenvalue weighted by Gasteiger charge is -2.41. The van der Waals surface area contributed by atoms with E-state index in [-0.39, 0.29) is 23.8 Å². The molecule has 7 heteroatoms. The maximum absolute atomic E-state index is 13.7. The normalized spacial score (nSPS) is 25.0. The number of piperidine rings is 1. The van der Waals surface area contributed by atoms with E-state index in [1.807, 2.05) is 56.0 Å².